The normalized spacial score (nSPS) is 14.7. The van der Waals surface area contributed by atoms with E-state index in [1.165, 1.54) is 22.8 Å². The lowest BCUT2D eigenvalue weighted by molar-refractivity contribution is -0.140. The Balaban J connectivity index is 1.36. The van der Waals surface area contributed by atoms with Crippen LogP contribution in [-0.2, 0) is 19.1 Å². The van der Waals surface area contributed by atoms with Gasteiger partial charge in [0, 0.05) is 24.2 Å². The Bertz CT molecular complexity index is 1680. The topological polar surface area (TPSA) is 131 Å². The highest BCUT2D eigenvalue weighted by atomic mass is 19.4. The molecule has 4 aromatic rings. The van der Waals surface area contributed by atoms with Crippen LogP contribution in [0.2, 0.25) is 0 Å². The van der Waals surface area contributed by atoms with E-state index in [-0.39, 0.29) is 35.2 Å². The van der Waals surface area contributed by atoms with Crippen molar-refractivity contribution in [3.8, 4) is 0 Å². The minimum Gasteiger partial charge on any atom is -0.366 e. The molecule has 0 saturated heterocycles. The zero-order valence-corrected chi connectivity index (χ0v) is 21.0. The Labute approximate surface area is 224 Å². The van der Waals surface area contributed by atoms with E-state index in [4.69, 9.17) is 5.73 Å². The first-order valence-electron chi connectivity index (χ1n) is 12.2. The van der Waals surface area contributed by atoms with Gasteiger partial charge in [0.1, 0.15) is 17.2 Å². The van der Waals surface area contributed by atoms with E-state index in [1.54, 1.807) is 19.1 Å². The van der Waals surface area contributed by atoms with Crippen LogP contribution in [0.4, 0.5) is 17.6 Å². The number of nitrogens with one attached hydrogen (secondary N) is 2. The van der Waals surface area contributed by atoms with E-state index in [0.29, 0.717) is 30.5 Å². The summed E-state index contributed by atoms with van der Waals surface area (Å²) in [5.74, 6) is -3.24. The summed E-state index contributed by atoms with van der Waals surface area (Å²) in [6.45, 7) is 1.47. The Morgan fingerprint density at radius 1 is 1.10 bits per heavy atom. The van der Waals surface area contributed by atoms with Crippen molar-refractivity contribution in [2.24, 2.45) is 5.73 Å². The van der Waals surface area contributed by atoms with E-state index in [0.717, 1.165) is 22.8 Å². The molecule has 2 heterocycles. The molecule has 13 heteroatoms. The molecular weight excluding hydrogens is 532 g/mol. The van der Waals surface area contributed by atoms with Gasteiger partial charge in [-0.3, -0.25) is 14.4 Å². The van der Waals surface area contributed by atoms with Crippen molar-refractivity contribution in [2.75, 3.05) is 0 Å². The van der Waals surface area contributed by atoms with Crippen LogP contribution in [0.5, 0.6) is 0 Å². The molecule has 0 aliphatic heterocycles. The molecule has 3 amide bonds. The quantitative estimate of drug-likeness (QED) is 0.313. The van der Waals surface area contributed by atoms with E-state index in [1.807, 2.05) is 0 Å². The van der Waals surface area contributed by atoms with Crippen LogP contribution in [0.25, 0.3) is 5.65 Å². The molecule has 0 saturated carbocycles. The number of hydrogen-bond acceptors (Lipinski definition) is 5. The largest absolute Gasteiger partial charge is 0.419 e. The van der Waals surface area contributed by atoms with Gasteiger partial charge in [0.05, 0.1) is 17.8 Å². The number of benzene rings is 2. The summed E-state index contributed by atoms with van der Waals surface area (Å²) in [5.41, 5.74) is 7.08. The smallest absolute Gasteiger partial charge is 0.366 e. The van der Waals surface area contributed by atoms with Crippen LogP contribution >= 0.6 is 0 Å². The third kappa shape index (κ3) is 4.97. The molecule has 9 nitrogen and oxygen atoms in total. The van der Waals surface area contributed by atoms with Gasteiger partial charge in [-0.25, -0.2) is 13.9 Å². The van der Waals surface area contributed by atoms with Crippen molar-refractivity contribution in [2.45, 2.75) is 38.5 Å². The lowest BCUT2D eigenvalue weighted by atomic mass is 9.97. The Morgan fingerprint density at radius 3 is 2.60 bits per heavy atom. The minimum atomic E-state index is -4.89. The van der Waals surface area contributed by atoms with Gasteiger partial charge in [-0.05, 0) is 60.2 Å². The molecule has 5 rings (SSSR count). The fourth-order valence-electron chi connectivity index (χ4n) is 4.89. The van der Waals surface area contributed by atoms with Crippen molar-refractivity contribution in [3.63, 3.8) is 0 Å². The summed E-state index contributed by atoms with van der Waals surface area (Å²) in [5, 5.41) is 9.50. The third-order valence-corrected chi connectivity index (χ3v) is 6.88. The zero-order valence-electron chi connectivity index (χ0n) is 21.0. The van der Waals surface area contributed by atoms with Gasteiger partial charge in [0.2, 0.25) is 5.91 Å². The van der Waals surface area contributed by atoms with Gasteiger partial charge in [-0.15, -0.1) is 0 Å². The highest BCUT2D eigenvalue weighted by Crippen LogP contribution is 2.35. The number of aromatic nitrogens is 3. The van der Waals surface area contributed by atoms with E-state index in [9.17, 15) is 31.9 Å². The summed E-state index contributed by atoms with van der Waals surface area (Å²) >= 11 is 0. The van der Waals surface area contributed by atoms with Crippen LogP contribution in [0.15, 0.2) is 48.7 Å². The lowest BCUT2D eigenvalue weighted by Crippen LogP contribution is -2.30. The molecule has 1 atom stereocenters. The van der Waals surface area contributed by atoms with Crippen LogP contribution in [0.1, 0.15) is 71.6 Å². The van der Waals surface area contributed by atoms with Crippen LogP contribution < -0.4 is 16.4 Å². The lowest BCUT2D eigenvalue weighted by Gasteiger charge is -2.16. The van der Waals surface area contributed by atoms with Crippen molar-refractivity contribution in [1.82, 2.24) is 25.2 Å². The predicted octanol–water partition coefficient (Wildman–Crippen LogP) is 3.64. The van der Waals surface area contributed by atoms with Gasteiger partial charge in [-0.2, -0.15) is 18.3 Å². The number of hydrogen-bond donors (Lipinski definition) is 3. The maximum atomic E-state index is 13.6. The number of carbonyl (C=O) groups is 3. The summed E-state index contributed by atoms with van der Waals surface area (Å²) in [4.78, 5) is 42.1. The first kappa shape index (κ1) is 26.8. The van der Waals surface area contributed by atoms with E-state index in [2.05, 4.69) is 20.7 Å². The van der Waals surface area contributed by atoms with E-state index >= 15 is 0 Å². The maximum Gasteiger partial charge on any atom is 0.419 e. The molecule has 0 bridgehead atoms. The molecule has 0 fully saturated rings. The van der Waals surface area contributed by atoms with Gasteiger partial charge in [0.15, 0.2) is 5.65 Å². The third-order valence-electron chi connectivity index (χ3n) is 6.88. The molecule has 1 aliphatic rings. The van der Waals surface area contributed by atoms with Gasteiger partial charge in [0.25, 0.3) is 11.8 Å². The number of nitrogens with two attached hydrogens (primary N) is 1. The number of primary amides is 1. The average Bonchev–Trinajstić information content (AvgIpc) is 3.54. The van der Waals surface area contributed by atoms with Crippen molar-refractivity contribution in [1.29, 1.82) is 0 Å². The number of amides is 3. The fourth-order valence-corrected chi connectivity index (χ4v) is 4.89. The van der Waals surface area contributed by atoms with Crippen LogP contribution in [-0.4, -0.2) is 32.3 Å². The summed E-state index contributed by atoms with van der Waals surface area (Å²) in [7, 11) is 0. The fraction of sp³-hybridized carbons (Fsp3) is 0.222. The molecule has 2 aromatic heterocycles. The molecule has 1 aliphatic carbocycles. The number of halogens is 4. The first-order valence-corrected chi connectivity index (χ1v) is 12.2. The summed E-state index contributed by atoms with van der Waals surface area (Å²) < 4.78 is 53.9. The first-order chi connectivity index (χ1) is 18.9. The van der Waals surface area contributed by atoms with Crippen LogP contribution in [0, 0.1) is 12.7 Å². The second-order valence-corrected chi connectivity index (χ2v) is 9.36. The second-order valence-electron chi connectivity index (χ2n) is 9.36. The van der Waals surface area contributed by atoms with Crippen molar-refractivity contribution >= 4 is 23.4 Å². The van der Waals surface area contributed by atoms with Crippen molar-refractivity contribution in [3.05, 3.63) is 99.2 Å². The molecule has 40 heavy (non-hydrogen) atoms. The monoisotopic (exact) mass is 554 g/mol. The summed E-state index contributed by atoms with van der Waals surface area (Å²) in [6, 6.07) is 8.17. The zero-order chi connectivity index (χ0) is 28.8. The van der Waals surface area contributed by atoms with Gasteiger partial charge >= 0.3 is 6.18 Å². The SMILES string of the molecule is Cc1c(C(N)=O)ccc2c1CC[C@@H]2NC(=O)c1cc(C(=O)NCc2ccc(F)c(C(F)(F)F)c2)nc2ccnn12. The Hall–Kier alpha value is -4.81. The molecular formula is C27H22F4N6O3. The van der Waals surface area contributed by atoms with Gasteiger partial charge in [-0.1, -0.05) is 12.1 Å². The number of fused-ring (bicyclic) bond motifs is 2. The predicted molar refractivity (Wildman–Crippen MR) is 134 cm³/mol. The number of nitrogens with zero attached hydrogens (tertiary/aromatic N) is 3. The Morgan fingerprint density at radius 2 is 1.88 bits per heavy atom. The highest BCUT2D eigenvalue weighted by Gasteiger charge is 2.34. The molecule has 2 aromatic carbocycles. The standard InChI is InChI=1S/C27H22F4N6O3/c1-13-15-5-7-20(17(15)4-3-16(13)24(32)38)36-26(40)22-11-21(35-23-8-9-34-37(22)23)25(39)33-12-14-2-6-19(28)18(10-14)27(29,30)31/h2-4,6,8-11,20H,5,7,12H2,1H3,(H2,32,38)(H,33,39)(H,36,40)/t20-/m0/s1. The molecule has 0 radical (unpaired) electrons. The highest BCUT2D eigenvalue weighted by molar-refractivity contribution is 5.98. The average molecular weight is 555 g/mol. The van der Waals surface area contributed by atoms with E-state index < -0.39 is 35.3 Å². The number of alkyl halides is 3. The maximum absolute atomic E-state index is 13.6. The van der Waals surface area contributed by atoms with Crippen LogP contribution in [0.3, 0.4) is 0 Å². The molecule has 206 valence electrons. The number of carbonyl (C=O) groups excluding carboxylic acids is 3. The van der Waals surface area contributed by atoms with Gasteiger partial charge < -0.3 is 16.4 Å². The Kier molecular flexibility index (Phi) is 6.74. The minimum absolute atomic E-state index is 0.0141. The summed E-state index contributed by atoms with van der Waals surface area (Å²) in [6.07, 6.45) is -2.27. The van der Waals surface area contributed by atoms with Crippen molar-refractivity contribution < 1.29 is 31.9 Å². The molecule has 0 unspecified atom stereocenters. The molecule has 4 N–H and O–H groups in total. The second kappa shape index (κ2) is 10.1. The molecule has 0 spiro atoms. The number of rotatable bonds is 6.